The first-order valence-corrected chi connectivity index (χ1v) is 9.87. The normalized spacial score (nSPS) is 19.5. The van der Waals surface area contributed by atoms with Crippen LogP contribution >= 0.6 is 11.3 Å². The molecule has 0 aromatic carbocycles. The smallest absolute Gasteiger partial charge is 0.255 e. The first-order valence-electron chi connectivity index (χ1n) is 8.99. The molecule has 0 bridgehead atoms. The summed E-state index contributed by atoms with van der Waals surface area (Å²) in [4.78, 5) is 38.6. The van der Waals surface area contributed by atoms with Gasteiger partial charge in [0.05, 0.1) is 17.3 Å². The molecule has 1 saturated heterocycles. The van der Waals surface area contributed by atoms with Crippen LogP contribution in [0.4, 0.5) is 0 Å². The van der Waals surface area contributed by atoms with Gasteiger partial charge in [-0.25, -0.2) is 9.97 Å². The lowest BCUT2D eigenvalue weighted by Crippen LogP contribution is -2.37. The van der Waals surface area contributed by atoms with E-state index in [0.29, 0.717) is 13.1 Å². The van der Waals surface area contributed by atoms with Crippen LogP contribution in [0, 0.1) is 6.92 Å². The molecule has 7 heteroatoms. The fourth-order valence-electron chi connectivity index (χ4n) is 3.82. The van der Waals surface area contributed by atoms with E-state index >= 15 is 0 Å². The van der Waals surface area contributed by atoms with Crippen LogP contribution in [0.15, 0.2) is 17.6 Å². The first kappa shape index (κ1) is 17.1. The molecule has 0 aliphatic carbocycles. The number of fused-ring (bicyclic) bond motifs is 1. The van der Waals surface area contributed by atoms with Crippen molar-refractivity contribution in [1.29, 1.82) is 0 Å². The number of hydrogen-bond donors (Lipinski definition) is 0. The van der Waals surface area contributed by atoms with Gasteiger partial charge in [-0.1, -0.05) is 0 Å². The number of likely N-dealkylation sites (tertiary alicyclic amines) is 1. The second-order valence-corrected chi connectivity index (χ2v) is 8.11. The minimum atomic E-state index is -0.00811. The van der Waals surface area contributed by atoms with Gasteiger partial charge >= 0.3 is 0 Å². The molecule has 0 N–H and O–H groups in total. The molecule has 26 heavy (non-hydrogen) atoms. The van der Waals surface area contributed by atoms with Crippen LogP contribution in [0.5, 0.6) is 0 Å². The molecular weight excluding hydrogens is 348 g/mol. The first-order chi connectivity index (χ1) is 12.5. The number of hydrogen-bond acceptors (Lipinski definition) is 5. The van der Waals surface area contributed by atoms with Crippen molar-refractivity contribution >= 4 is 23.2 Å². The number of carbonyl (C=O) groups is 2. The Hall–Kier alpha value is -2.28. The molecule has 2 aromatic heterocycles. The van der Waals surface area contributed by atoms with Crippen molar-refractivity contribution in [2.24, 2.45) is 0 Å². The van der Waals surface area contributed by atoms with E-state index in [2.05, 4.69) is 4.98 Å². The molecule has 2 amide bonds. The van der Waals surface area contributed by atoms with Crippen molar-refractivity contribution in [2.45, 2.75) is 45.7 Å². The van der Waals surface area contributed by atoms with Crippen molar-refractivity contribution in [3.8, 4) is 0 Å². The Balaban J connectivity index is 1.52. The zero-order valence-electron chi connectivity index (χ0n) is 15.1. The Morgan fingerprint density at radius 2 is 2.15 bits per heavy atom. The average Bonchev–Trinajstić information content (AvgIpc) is 3.29. The summed E-state index contributed by atoms with van der Waals surface area (Å²) in [5.41, 5.74) is 2.78. The van der Waals surface area contributed by atoms with Crippen LogP contribution in [0.25, 0.3) is 0 Å². The van der Waals surface area contributed by atoms with Crippen LogP contribution in [0.2, 0.25) is 0 Å². The average molecular weight is 370 g/mol. The molecule has 4 rings (SSSR count). The van der Waals surface area contributed by atoms with E-state index in [1.807, 2.05) is 34.4 Å². The van der Waals surface area contributed by atoms with Gasteiger partial charge in [-0.15, -0.1) is 11.3 Å². The highest BCUT2D eigenvalue weighted by Crippen LogP contribution is 2.31. The van der Waals surface area contributed by atoms with E-state index in [4.69, 9.17) is 4.98 Å². The third-order valence-corrected chi connectivity index (χ3v) is 6.03. The maximum absolute atomic E-state index is 12.7. The van der Waals surface area contributed by atoms with Gasteiger partial charge in [0.15, 0.2) is 5.82 Å². The van der Waals surface area contributed by atoms with Crippen LogP contribution in [0.3, 0.4) is 0 Å². The molecule has 6 nitrogen and oxygen atoms in total. The van der Waals surface area contributed by atoms with Crippen molar-refractivity contribution < 1.29 is 9.59 Å². The number of rotatable bonds is 2. The van der Waals surface area contributed by atoms with E-state index in [1.165, 1.54) is 0 Å². The van der Waals surface area contributed by atoms with Crippen LogP contribution in [-0.4, -0.2) is 44.7 Å². The molecular formula is C19H22N4O2S. The second kappa shape index (κ2) is 6.79. The molecule has 1 unspecified atom stereocenters. The molecule has 2 aliphatic heterocycles. The number of nitrogens with zero attached hydrogens (tertiary/aromatic N) is 4. The maximum atomic E-state index is 12.7. The predicted molar refractivity (Wildman–Crippen MR) is 98.9 cm³/mol. The molecule has 2 aliphatic rings. The van der Waals surface area contributed by atoms with Crippen molar-refractivity contribution in [3.05, 3.63) is 45.2 Å². The SMILES string of the molecule is CC(=O)N1CCCC1c1ncc2c(n1)CCN(C(=O)c1csc(C)c1)C2. The summed E-state index contributed by atoms with van der Waals surface area (Å²) in [5.74, 6) is 0.893. The minimum Gasteiger partial charge on any atom is -0.334 e. The molecule has 0 radical (unpaired) electrons. The molecule has 1 fully saturated rings. The summed E-state index contributed by atoms with van der Waals surface area (Å²) in [6.07, 6.45) is 4.48. The van der Waals surface area contributed by atoms with Gasteiger partial charge in [-0.3, -0.25) is 9.59 Å². The lowest BCUT2D eigenvalue weighted by molar-refractivity contribution is -0.129. The molecule has 0 spiro atoms. The van der Waals surface area contributed by atoms with Crippen molar-refractivity contribution in [3.63, 3.8) is 0 Å². The number of aryl methyl sites for hydroxylation is 1. The third kappa shape index (κ3) is 3.11. The Labute approximate surface area is 156 Å². The summed E-state index contributed by atoms with van der Waals surface area (Å²) in [7, 11) is 0. The monoisotopic (exact) mass is 370 g/mol. The van der Waals surface area contributed by atoms with E-state index in [0.717, 1.165) is 53.3 Å². The van der Waals surface area contributed by atoms with Crippen molar-refractivity contribution in [1.82, 2.24) is 19.8 Å². The van der Waals surface area contributed by atoms with Crippen LogP contribution in [0.1, 0.15) is 58.1 Å². The standard InChI is InChI=1S/C19H22N4O2S/c1-12-8-14(11-26-12)19(25)22-7-5-16-15(10-22)9-20-18(21-16)17-4-3-6-23(17)13(2)24/h8-9,11,17H,3-7,10H2,1-2H3. The summed E-state index contributed by atoms with van der Waals surface area (Å²) in [5, 5.41) is 1.92. The Bertz CT molecular complexity index is 863. The zero-order chi connectivity index (χ0) is 18.3. The number of aromatic nitrogens is 2. The Morgan fingerprint density at radius 3 is 2.88 bits per heavy atom. The number of thiophene rings is 1. The van der Waals surface area contributed by atoms with Gasteiger partial charge in [0.1, 0.15) is 0 Å². The fourth-order valence-corrected chi connectivity index (χ4v) is 4.49. The molecule has 1 atom stereocenters. The van der Waals surface area contributed by atoms with Gasteiger partial charge in [-0.2, -0.15) is 0 Å². The highest BCUT2D eigenvalue weighted by molar-refractivity contribution is 7.10. The Kier molecular flexibility index (Phi) is 4.48. The number of amides is 2. The molecule has 0 saturated carbocycles. The summed E-state index contributed by atoms with van der Waals surface area (Å²) in [6, 6.07) is 1.93. The topological polar surface area (TPSA) is 66.4 Å². The summed E-state index contributed by atoms with van der Waals surface area (Å²) < 4.78 is 0. The molecule has 2 aromatic rings. The Morgan fingerprint density at radius 1 is 1.31 bits per heavy atom. The van der Waals surface area contributed by atoms with Gasteiger partial charge in [0.25, 0.3) is 5.91 Å². The number of carbonyl (C=O) groups excluding carboxylic acids is 2. The minimum absolute atomic E-state index is 0.00811. The second-order valence-electron chi connectivity index (χ2n) is 6.99. The van der Waals surface area contributed by atoms with E-state index in [1.54, 1.807) is 18.3 Å². The van der Waals surface area contributed by atoms with Gasteiger partial charge in [0.2, 0.25) is 5.91 Å². The lowest BCUT2D eigenvalue weighted by atomic mass is 10.1. The third-order valence-electron chi connectivity index (χ3n) is 5.17. The van der Waals surface area contributed by atoms with E-state index < -0.39 is 0 Å². The van der Waals surface area contributed by atoms with Crippen LogP contribution in [-0.2, 0) is 17.8 Å². The lowest BCUT2D eigenvalue weighted by Gasteiger charge is -2.29. The highest BCUT2D eigenvalue weighted by atomic mass is 32.1. The predicted octanol–water partition coefficient (Wildman–Crippen LogP) is 2.73. The quantitative estimate of drug-likeness (QED) is 0.815. The van der Waals surface area contributed by atoms with E-state index in [-0.39, 0.29) is 17.9 Å². The van der Waals surface area contributed by atoms with E-state index in [9.17, 15) is 9.59 Å². The van der Waals surface area contributed by atoms with Crippen molar-refractivity contribution in [2.75, 3.05) is 13.1 Å². The van der Waals surface area contributed by atoms with Gasteiger partial charge < -0.3 is 9.80 Å². The van der Waals surface area contributed by atoms with Gasteiger partial charge in [0, 0.05) is 55.0 Å². The summed E-state index contributed by atoms with van der Waals surface area (Å²) in [6.45, 7) is 5.60. The maximum Gasteiger partial charge on any atom is 0.255 e. The molecule has 136 valence electrons. The molecule has 4 heterocycles. The summed E-state index contributed by atoms with van der Waals surface area (Å²) >= 11 is 1.60. The highest BCUT2D eigenvalue weighted by Gasteiger charge is 2.31. The van der Waals surface area contributed by atoms with Gasteiger partial charge in [-0.05, 0) is 25.8 Å². The fraction of sp³-hybridized carbons (Fsp3) is 0.474. The zero-order valence-corrected chi connectivity index (χ0v) is 15.9. The van der Waals surface area contributed by atoms with Crippen LogP contribution < -0.4 is 0 Å². The largest absolute Gasteiger partial charge is 0.334 e.